The average molecular weight is 393 g/mol. The number of benzene rings is 2. The lowest BCUT2D eigenvalue weighted by molar-refractivity contribution is 0.0734. The summed E-state index contributed by atoms with van der Waals surface area (Å²) in [5.41, 5.74) is 2.05. The van der Waals surface area contributed by atoms with Crippen molar-refractivity contribution in [2.24, 2.45) is 0 Å². The molecule has 1 N–H and O–H groups in total. The Hall–Kier alpha value is -3.32. The van der Waals surface area contributed by atoms with Crippen LogP contribution in [-0.2, 0) is 17.9 Å². The van der Waals surface area contributed by atoms with Gasteiger partial charge in [0.15, 0.2) is 5.75 Å². The molecular formula is C22H23N3O4. The molecule has 2 aromatic carbocycles. The van der Waals surface area contributed by atoms with Crippen molar-refractivity contribution in [2.45, 2.75) is 25.4 Å². The Bertz CT molecular complexity index is 930. The molecule has 1 saturated heterocycles. The highest BCUT2D eigenvalue weighted by Crippen LogP contribution is 2.20. The SMILES string of the molecule is O=C(OCc1ccccc1)N1C[C@H](Oc2cnn(Cc3ccccc3)c2)[C@@H](O)C1. The number of nitrogens with zero attached hydrogens (tertiary/aromatic N) is 3. The van der Waals surface area contributed by atoms with Crippen LogP contribution >= 0.6 is 0 Å². The number of aliphatic hydroxyl groups excluding tert-OH is 1. The van der Waals surface area contributed by atoms with Gasteiger partial charge in [-0.15, -0.1) is 0 Å². The van der Waals surface area contributed by atoms with Crippen molar-refractivity contribution < 1.29 is 19.4 Å². The largest absolute Gasteiger partial charge is 0.482 e. The van der Waals surface area contributed by atoms with Gasteiger partial charge in [-0.05, 0) is 11.1 Å². The number of hydrogen-bond acceptors (Lipinski definition) is 5. The molecular weight excluding hydrogens is 370 g/mol. The molecule has 1 fully saturated rings. The maximum Gasteiger partial charge on any atom is 0.410 e. The molecule has 4 rings (SSSR count). The van der Waals surface area contributed by atoms with E-state index in [9.17, 15) is 9.90 Å². The van der Waals surface area contributed by atoms with Crippen LogP contribution < -0.4 is 4.74 Å². The number of ether oxygens (including phenoxy) is 2. The summed E-state index contributed by atoms with van der Waals surface area (Å²) in [6.07, 6.45) is 1.64. The first-order chi connectivity index (χ1) is 14.2. The standard InChI is InChI=1S/C22H23N3O4/c26-20-14-24(22(27)28-16-18-9-5-2-6-10-18)15-21(20)29-19-11-23-25(13-19)12-17-7-3-1-4-8-17/h1-11,13,20-21,26H,12,14-16H2/t20-,21-/m0/s1. The molecule has 0 saturated carbocycles. The summed E-state index contributed by atoms with van der Waals surface area (Å²) >= 11 is 0. The molecule has 1 amide bonds. The smallest absolute Gasteiger partial charge is 0.410 e. The Morgan fingerprint density at radius 3 is 2.45 bits per heavy atom. The summed E-state index contributed by atoms with van der Waals surface area (Å²) in [6.45, 7) is 1.27. The number of carbonyl (C=O) groups excluding carboxylic acids is 1. The van der Waals surface area contributed by atoms with Crippen LogP contribution in [0.3, 0.4) is 0 Å². The van der Waals surface area contributed by atoms with E-state index in [1.807, 2.05) is 60.7 Å². The van der Waals surface area contributed by atoms with Gasteiger partial charge >= 0.3 is 6.09 Å². The van der Waals surface area contributed by atoms with E-state index in [1.54, 1.807) is 17.1 Å². The minimum absolute atomic E-state index is 0.177. The fourth-order valence-corrected chi connectivity index (χ4v) is 3.27. The molecule has 7 heteroatoms. The predicted molar refractivity (Wildman–Crippen MR) is 106 cm³/mol. The number of amides is 1. The van der Waals surface area contributed by atoms with Gasteiger partial charge in [-0.25, -0.2) is 4.79 Å². The first kappa shape index (κ1) is 19.0. The fourth-order valence-electron chi connectivity index (χ4n) is 3.27. The Kier molecular flexibility index (Phi) is 5.76. The zero-order chi connectivity index (χ0) is 20.1. The number of aromatic nitrogens is 2. The molecule has 3 aromatic rings. The van der Waals surface area contributed by atoms with Crippen LogP contribution in [0.4, 0.5) is 4.79 Å². The van der Waals surface area contributed by atoms with E-state index >= 15 is 0 Å². The predicted octanol–water partition coefficient (Wildman–Crippen LogP) is 2.69. The third kappa shape index (κ3) is 4.94. The number of carbonyl (C=O) groups is 1. The summed E-state index contributed by atoms with van der Waals surface area (Å²) in [7, 11) is 0. The van der Waals surface area contributed by atoms with Gasteiger partial charge < -0.3 is 19.5 Å². The summed E-state index contributed by atoms with van der Waals surface area (Å²) in [5.74, 6) is 0.560. The summed E-state index contributed by atoms with van der Waals surface area (Å²) in [4.78, 5) is 13.8. The highest BCUT2D eigenvalue weighted by Gasteiger charge is 2.36. The quantitative estimate of drug-likeness (QED) is 0.697. The molecule has 2 heterocycles. The van der Waals surface area contributed by atoms with Gasteiger partial charge in [-0.1, -0.05) is 60.7 Å². The second-order valence-electron chi connectivity index (χ2n) is 7.03. The third-order valence-corrected chi connectivity index (χ3v) is 4.78. The minimum atomic E-state index is -0.781. The number of aliphatic hydroxyl groups is 1. The van der Waals surface area contributed by atoms with E-state index in [2.05, 4.69) is 5.10 Å². The number of hydrogen-bond donors (Lipinski definition) is 1. The number of likely N-dealkylation sites (tertiary alicyclic amines) is 1. The van der Waals surface area contributed by atoms with Crippen LogP contribution in [-0.4, -0.2) is 51.2 Å². The van der Waals surface area contributed by atoms with Crippen molar-refractivity contribution >= 4 is 6.09 Å². The molecule has 0 radical (unpaired) electrons. The molecule has 2 atom stereocenters. The molecule has 0 unspecified atom stereocenters. The lowest BCUT2D eigenvalue weighted by atomic mass is 10.2. The second-order valence-corrected chi connectivity index (χ2v) is 7.03. The van der Waals surface area contributed by atoms with Crippen LogP contribution in [0, 0.1) is 0 Å². The Labute approximate surface area is 169 Å². The highest BCUT2D eigenvalue weighted by atomic mass is 16.6. The van der Waals surface area contributed by atoms with Gasteiger partial charge in [0.2, 0.25) is 0 Å². The number of rotatable bonds is 6. The molecule has 29 heavy (non-hydrogen) atoms. The lowest BCUT2D eigenvalue weighted by Crippen LogP contribution is -2.31. The van der Waals surface area contributed by atoms with Crippen molar-refractivity contribution in [2.75, 3.05) is 13.1 Å². The van der Waals surface area contributed by atoms with Gasteiger partial charge in [0.05, 0.1) is 32.0 Å². The molecule has 7 nitrogen and oxygen atoms in total. The zero-order valence-electron chi connectivity index (χ0n) is 15.9. The second kappa shape index (κ2) is 8.79. The topological polar surface area (TPSA) is 76.8 Å². The Morgan fingerprint density at radius 2 is 1.72 bits per heavy atom. The number of β-amino-alcohol motifs (C(OH)–C–C–N with tert-alkyl or cyclic N) is 1. The Balaban J connectivity index is 1.29. The normalized spacial score (nSPS) is 18.6. The molecule has 0 bridgehead atoms. The van der Waals surface area contributed by atoms with Crippen molar-refractivity contribution in [1.29, 1.82) is 0 Å². The van der Waals surface area contributed by atoms with Crippen molar-refractivity contribution in [3.8, 4) is 5.75 Å². The van der Waals surface area contributed by atoms with E-state index in [0.29, 0.717) is 12.3 Å². The van der Waals surface area contributed by atoms with E-state index in [1.165, 1.54) is 4.90 Å². The van der Waals surface area contributed by atoms with E-state index < -0.39 is 18.3 Å². The zero-order valence-corrected chi connectivity index (χ0v) is 15.9. The molecule has 0 aliphatic carbocycles. The first-order valence-electron chi connectivity index (χ1n) is 9.54. The minimum Gasteiger partial charge on any atom is -0.482 e. The Morgan fingerprint density at radius 1 is 1.03 bits per heavy atom. The van der Waals surface area contributed by atoms with Crippen molar-refractivity contribution in [1.82, 2.24) is 14.7 Å². The third-order valence-electron chi connectivity index (χ3n) is 4.78. The highest BCUT2D eigenvalue weighted by molar-refractivity contribution is 5.68. The van der Waals surface area contributed by atoms with E-state index in [4.69, 9.17) is 9.47 Å². The van der Waals surface area contributed by atoms with Gasteiger partial charge in [0.1, 0.15) is 18.8 Å². The van der Waals surface area contributed by atoms with Crippen LogP contribution in [0.1, 0.15) is 11.1 Å². The van der Waals surface area contributed by atoms with Crippen molar-refractivity contribution in [3.63, 3.8) is 0 Å². The van der Waals surface area contributed by atoms with Gasteiger partial charge in [-0.3, -0.25) is 4.68 Å². The average Bonchev–Trinajstić information content (AvgIpc) is 3.34. The van der Waals surface area contributed by atoms with Gasteiger partial charge in [0.25, 0.3) is 0 Å². The lowest BCUT2D eigenvalue weighted by Gasteiger charge is -2.16. The maximum absolute atomic E-state index is 12.3. The molecule has 1 aromatic heterocycles. The summed E-state index contributed by atoms with van der Waals surface area (Å²) in [6, 6.07) is 19.5. The molecule has 1 aliphatic rings. The maximum atomic E-state index is 12.3. The first-order valence-corrected chi connectivity index (χ1v) is 9.54. The van der Waals surface area contributed by atoms with Crippen molar-refractivity contribution in [3.05, 3.63) is 84.2 Å². The van der Waals surface area contributed by atoms with Gasteiger partial charge in [0, 0.05) is 0 Å². The van der Waals surface area contributed by atoms with E-state index in [0.717, 1.165) is 11.1 Å². The van der Waals surface area contributed by atoms with E-state index in [-0.39, 0.29) is 19.7 Å². The fraction of sp³-hybridized carbons (Fsp3) is 0.273. The van der Waals surface area contributed by atoms with Crippen LogP contribution in [0.2, 0.25) is 0 Å². The molecule has 150 valence electrons. The van der Waals surface area contributed by atoms with Crippen LogP contribution in [0.5, 0.6) is 5.75 Å². The molecule has 0 spiro atoms. The van der Waals surface area contributed by atoms with Crippen LogP contribution in [0.15, 0.2) is 73.1 Å². The molecule has 1 aliphatic heterocycles. The summed E-state index contributed by atoms with van der Waals surface area (Å²) < 4.78 is 13.0. The van der Waals surface area contributed by atoms with Crippen LogP contribution in [0.25, 0.3) is 0 Å². The summed E-state index contributed by atoms with van der Waals surface area (Å²) in [5, 5.41) is 14.6. The van der Waals surface area contributed by atoms with Gasteiger partial charge in [-0.2, -0.15) is 5.10 Å². The monoisotopic (exact) mass is 393 g/mol.